The molecule has 9 heavy (non-hydrogen) atoms. The Labute approximate surface area is 73.1 Å². The lowest BCUT2D eigenvalue weighted by molar-refractivity contribution is -0.113. The summed E-state index contributed by atoms with van der Waals surface area (Å²) in [5.41, 5.74) is 0. The molecule has 0 bridgehead atoms. The number of hydrogen-bond donors (Lipinski definition) is 0. The maximum absolute atomic E-state index is 10.9. The minimum atomic E-state index is 0.315. The summed E-state index contributed by atoms with van der Waals surface area (Å²) < 4.78 is 1.11. The number of hydrogen-bond acceptors (Lipinski definition) is 2. The fourth-order valence-electron chi connectivity index (χ4n) is 0.914. The van der Waals surface area contributed by atoms with Crippen LogP contribution >= 0.6 is 34.4 Å². The van der Waals surface area contributed by atoms with Crippen LogP contribution in [-0.2, 0) is 4.79 Å². The predicted molar refractivity (Wildman–Crippen MR) is 49.1 cm³/mol. The van der Waals surface area contributed by atoms with E-state index in [1.807, 2.05) is 6.92 Å². The molecular weight excluding hydrogens is 247 g/mol. The number of carbonyl (C=O) groups is 1. The van der Waals surface area contributed by atoms with Gasteiger partial charge in [0.1, 0.15) is 0 Å². The van der Waals surface area contributed by atoms with Crippen LogP contribution in [0, 0.1) is 5.92 Å². The second-order valence-electron chi connectivity index (χ2n) is 2.35. The largest absolute Gasteiger partial charge is 0.287 e. The van der Waals surface area contributed by atoms with Crippen LogP contribution in [0.3, 0.4) is 0 Å². The van der Waals surface area contributed by atoms with Crippen LogP contribution in [0.4, 0.5) is 0 Å². The monoisotopic (exact) mass is 256 g/mol. The molecule has 0 aromatic carbocycles. The van der Waals surface area contributed by atoms with Gasteiger partial charge in [0, 0.05) is 15.6 Å². The maximum atomic E-state index is 10.9. The zero-order valence-corrected chi connectivity index (χ0v) is 8.24. The number of thioether (sulfide) groups is 1. The first-order chi connectivity index (χ1) is 4.24. The van der Waals surface area contributed by atoms with Gasteiger partial charge < -0.3 is 0 Å². The first-order valence-electron chi connectivity index (χ1n) is 3.00. The smallest absolute Gasteiger partial charge is 0.192 e. The summed E-state index contributed by atoms with van der Waals surface area (Å²) in [5, 5.41) is 0.991. The molecular formula is C6H9IOS. The minimum absolute atomic E-state index is 0.315. The molecule has 1 nitrogen and oxygen atoms in total. The van der Waals surface area contributed by atoms with Crippen molar-refractivity contribution in [2.75, 3.05) is 4.43 Å². The Balaban J connectivity index is 2.44. The highest BCUT2D eigenvalue weighted by Crippen LogP contribution is 2.33. The molecule has 0 spiro atoms. The van der Waals surface area contributed by atoms with Crippen LogP contribution in [0.1, 0.15) is 13.3 Å². The van der Waals surface area contributed by atoms with Crippen LogP contribution in [0.5, 0.6) is 0 Å². The van der Waals surface area contributed by atoms with E-state index in [0.717, 1.165) is 10.8 Å². The molecule has 0 aromatic heterocycles. The fraction of sp³-hybridized carbons (Fsp3) is 0.833. The van der Waals surface area contributed by atoms with E-state index >= 15 is 0 Å². The lowest BCUT2D eigenvalue weighted by Crippen LogP contribution is -1.99. The average Bonchev–Trinajstić information content (AvgIpc) is 2.13. The van der Waals surface area contributed by atoms with Crippen LogP contribution in [0.2, 0.25) is 0 Å². The third kappa shape index (κ3) is 1.83. The van der Waals surface area contributed by atoms with Gasteiger partial charge in [-0.05, 0) is 6.42 Å². The molecule has 1 aliphatic rings. The molecule has 0 radical (unpaired) electrons. The molecule has 0 aromatic rings. The van der Waals surface area contributed by atoms with E-state index in [0.29, 0.717) is 16.3 Å². The van der Waals surface area contributed by atoms with Gasteiger partial charge in [-0.2, -0.15) is 0 Å². The molecule has 0 aliphatic carbocycles. The molecule has 1 saturated heterocycles. The Hall–Kier alpha value is 0.750. The average molecular weight is 256 g/mol. The summed E-state index contributed by atoms with van der Waals surface area (Å²) in [5.74, 6) is 0.315. The molecule has 52 valence electrons. The minimum Gasteiger partial charge on any atom is -0.287 e. The van der Waals surface area contributed by atoms with E-state index < -0.39 is 0 Å². The summed E-state index contributed by atoms with van der Waals surface area (Å²) >= 11 is 3.86. The molecule has 0 saturated carbocycles. The SMILES string of the molecule is C[C@H]1C[C@@H](CI)SC1=O. The quantitative estimate of drug-likeness (QED) is 0.528. The Morgan fingerprint density at radius 1 is 1.89 bits per heavy atom. The third-order valence-electron chi connectivity index (χ3n) is 1.47. The van der Waals surface area contributed by atoms with E-state index in [4.69, 9.17) is 0 Å². The number of rotatable bonds is 1. The van der Waals surface area contributed by atoms with Crippen LogP contribution in [0.25, 0.3) is 0 Å². The lowest BCUT2D eigenvalue weighted by Gasteiger charge is -1.98. The highest BCUT2D eigenvalue weighted by molar-refractivity contribution is 14.1. The molecule has 1 heterocycles. The third-order valence-corrected chi connectivity index (χ3v) is 4.46. The summed E-state index contributed by atoms with van der Waals surface area (Å²) in [6, 6.07) is 0. The normalized spacial score (nSPS) is 35.6. The van der Waals surface area contributed by atoms with Crippen molar-refractivity contribution < 1.29 is 4.79 Å². The zero-order valence-electron chi connectivity index (χ0n) is 5.26. The van der Waals surface area contributed by atoms with Crippen LogP contribution in [-0.4, -0.2) is 14.8 Å². The van der Waals surface area contributed by atoms with Crippen molar-refractivity contribution in [3.05, 3.63) is 0 Å². The van der Waals surface area contributed by atoms with E-state index in [9.17, 15) is 4.79 Å². The van der Waals surface area contributed by atoms with Gasteiger partial charge in [0.2, 0.25) is 0 Å². The molecule has 1 aliphatic heterocycles. The Morgan fingerprint density at radius 3 is 2.78 bits per heavy atom. The van der Waals surface area contributed by atoms with Gasteiger partial charge in [-0.25, -0.2) is 0 Å². The van der Waals surface area contributed by atoms with E-state index in [2.05, 4.69) is 22.6 Å². The van der Waals surface area contributed by atoms with E-state index in [1.54, 1.807) is 0 Å². The lowest BCUT2D eigenvalue weighted by atomic mass is 10.1. The zero-order chi connectivity index (χ0) is 6.85. The van der Waals surface area contributed by atoms with Gasteiger partial charge in [0.05, 0.1) is 0 Å². The summed E-state index contributed by atoms with van der Waals surface area (Å²) in [6.45, 7) is 2.02. The number of carbonyl (C=O) groups excluding carboxylic acids is 1. The summed E-state index contributed by atoms with van der Waals surface area (Å²) in [7, 11) is 0. The van der Waals surface area contributed by atoms with Crippen molar-refractivity contribution in [3.8, 4) is 0 Å². The first kappa shape index (κ1) is 7.85. The Morgan fingerprint density at radius 2 is 2.56 bits per heavy atom. The van der Waals surface area contributed by atoms with Gasteiger partial charge in [0.15, 0.2) is 5.12 Å². The van der Waals surface area contributed by atoms with Crippen molar-refractivity contribution in [1.29, 1.82) is 0 Å². The van der Waals surface area contributed by atoms with Crippen molar-refractivity contribution in [1.82, 2.24) is 0 Å². The molecule has 0 unspecified atom stereocenters. The molecule has 1 rings (SSSR count). The Kier molecular flexibility index (Phi) is 2.82. The van der Waals surface area contributed by atoms with Gasteiger partial charge >= 0.3 is 0 Å². The second kappa shape index (κ2) is 3.23. The van der Waals surface area contributed by atoms with Crippen LogP contribution < -0.4 is 0 Å². The summed E-state index contributed by atoms with van der Waals surface area (Å²) in [6.07, 6.45) is 1.09. The highest BCUT2D eigenvalue weighted by Gasteiger charge is 2.28. The number of alkyl halides is 1. The topological polar surface area (TPSA) is 17.1 Å². The molecule has 1 fully saturated rings. The molecule has 3 heteroatoms. The second-order valence-corrected chi connectivity index (χ2v) is 4.54. The molecule has 0 amide bonds. The maximum Gasteiger partial charge on any atom is 0.192 e. The van der Waals surface area contributed by atoms with Crippen molar-refractivity contribution in [3.63, 3.8) is 0 Å². The molecule has 0 N–H and O–H groups in total. The van der Waals surface area contributed by atoms with E-state index in [1.165, 1.54) is 11.8 Å². The Bertz CT molecular complexity index is 126. The van der Waals surface area contributed by atoms with Crippen molar-refractivity contribution in [2.24, 2.45) is 5.92 Å². The molecule has 2 atom stereocenters. The predicted octanol–water partition coefficient (Wildman–Crippen LogP) is 2.09. The van der Waals surface area contributed by atoms with Gasteiger partial charge in [-0.1, -0.05) is 41.3 Å². The first-order valence-corrected chi connectivity index (χ1v) is 5.41. The highest BCUT2D eigenvalue weighted by atomic mass is 127. The summed E-state index contributed by atoms with van der Waals surface area (Å²) in [4.78, 5) is 10.9. The van der Waals surface area contributed by atoms with Gasteiger partial charge in [-0.3, -0.25) is 4.79 Å². The van der Waals surface area contributed by atoms with Gasteiger partial charge in [0.25, 0.3) is 0 Å². The van der Waals surface area contributed by atoms with Crippen LogP contribution in [0.15, 0.2) is 0 Å². The standard InChI is InChI=1S/C6H9IOS/c1-4-2-5(3-7)9-6(4)8/h4-5H,2-3H2,1H3/t4-,5-/m0/s1. The van der Waals surface area contributed by atoms with Crippen molar-refractivity contribution in [2.45, 2.75) is 18.6 Å². The van der Waals surface area contributed by atoms with Gasteiger partial charge in [-0.15, -0.1) is 0 Å². The fourth-order valence-corrected chi connectivity index (χ4v) is 2.92. The number of halogens is 1. The van der Waals surface area contributed by atoms with Crippen molar-refractivity contribution >= 4 is 39.5 Å². The van der Waals surface area contributed by atoms with E-state index in [-0.39, 0.29) is 0 Å².